The van der Waals surface area contributed by atoms with E-state index in [4.69, 9.17) is 4.42 Å². The summed E-state index contributed by atoms with van der Waals surface area (Å²) in [6, 6.07) is 0.650. The average Bonchev–Trinajstić information content (AvgIpc) is 2.95. The Morgan fingerprint density at radius 2 is 2.50 bits per heavy atom. The van der Waals surface area contributed by atoms with Crippen LogP contribution in [0, 0.1) is 0 Å². The van der Waals surface area contributed by atoms with E-state index in [9.17, 15) is 0 Å². The molecule has 0 amide bonds. The van der Waals surface area contributed by atoms with Crippen LogP contribution in [-0.2, 0) is 0 Å². The van der Waals surface area contributed by atoms with E-state index in [1.165, 1.54) is 19.4 Å². The Labute approximate surface area is 97.0 Å². The van der Waals surface area contributed by atoms with E-state index in [2.05, 4.69) is 29.0 Å². The molecule has 1 N–H and O–H groups in total. The molecular weight excluding hydrogens is 202 g/mol. The highest BCUT2D eigenvalue weighted by molar-refractivity contribution is 5.05. The van der Waals surface area contributed by atoms with Gasteiger partial charge in [-0.3, -0.25) is 4.90 Å². The van der Waals surface area contributed by atoms with Gasteiger partial charge in [-0.25, -0.2) is 4.98 Å². The lowest BCUT2D eigenvalue weighted by molar-refractivity contribution is 0.233. The highest BCUT2D eigenvalue weighted by Crippen LogP contribution is 2.31. The van der Waals surface area contributed by atoms with Gasteiger partial charge in [0.1, 0.15) is 6.26 Å². The highest BCUT2D eigenvalue weighted by Gasteiger charge is 2.28. The lowest BCUT2D eigenvalue weighted by atomic mass is 10.2. The molecule has 0 aromatic carbocycles. The van der Waals surface area contributed by atoms with Crippen LogP contribution in [0.5, 0.6) is 0 Å². The molecule has 1 aliphatic rings. The first-order valence-electron chi connectivity index (χ1n) is 6.13. The molecule has 1 fully saturated rings. The lowest BCUT2D eigenvalue weighted by Crippen LogP contribution is -2.23. The Balaban J connectivity index is 2.12. The molecule has 1 aliphatic heterocycles. The van der Waals surface area contributed by atoms with Gasteiger partial charge >= 0.3 is 0 Å². The van der Waals surface area contributed by atoms with Crippen LogP contribution in [0.2, 0.25) is 0 Å². The molecular formula is C12H21N3O. The van der Waals surface area contributed by atoms with E-state index >= 15 is 0 Å². The lowest BCUT2D eigenvalue weighted by Gasteiger charge is -2.19. The summed E-state index contributed by atoms with van der Waals surface area (Å²) in [5.41, 5.74) is 1.00. The fraction of sp³-hybridized carbons (Fsp3) is 0.750. The molecule has 16 heavy (non-hydrogen) atoms. The van der Waals surface area contributed by atoms with Crippen LogP contribution >= 0.6 is 0 Å². The van der Waals surface area contributed by atoms with E-state index in [0.717, 1.165) is 18.1 Å². The standard InChI is InChI=1S/C12H21N3O/c1-4-15-7-5-6-11(15)12-14-10(8-16-12)9(2)13-3/h8-9,11,13H,4-7H2,1-3H3. The predicted octanol–water partition coefficient (Wildman–Crippen LogP) is 2.11. The second kappa shape index (κ2) is 4.97. The summed E-state index contributed by atoms with van der Waals surface area (Å²) in [7, 11) is 1.94. The van der Waals surface area contributed by atoms with Gasteiger partial charge in [0.15, 0.2) is 0 Å². The first-order valence-corrected chi connectivity index (χ1v) is 6.13. The first-order chi connectivity index (χ1) is 7.76. The molecule has 2 heterocycles. The van der Waals surface area contributed by atoms with Crippen molar-refractivity contribution in [3.63, 3.8) is 0 Å². The fourth-order valence-corrected chi connectivity index (χ4v) is 2.28. The maximum Gasteiger partial charge on any atom is 0.211 e. The van der Waals surface area contributed by atoms with Crippen LogP contribution < -0.4 is 5.32 Å². The van der Waals surface area contributed by atoms with Gasteiger partial charge in [0, 0.05) is 6.04 Å². The molecule has 4 nitrogen and oxygen atoms in total. The second-order valence-electron chi connectivity index (χ2n) is 4.41. The monoisotopic (exact) mass is 223 g/mol. The number of nitrogens with one attached hydrogen (secondary N) is 1. The minimum Gasteiger partial charge on any atom is -0.447 e. The molecule has 90 valence electrons. The smallest absolute Gasteiger partial charge is 0.211 e. The maximum atomic E-state index is 5.61. The third-order valence-corrected chi connectivity index (χ3v) is 3.47. The molecule has 2 rings (SSSR count). The van der Waals surface area contributed by atoms with E-state index in [1.54, 1.807) is 6.26 Å². The molecule has 0 bridgehead atoms. The summed E-state index contributed by atoms with van der Waals surface area (Å²) < 4.78 is 5.61. The second-order valence-corrected chi connectivity index (χ2v) is 4.41. The van der Waals surface area contributed by atoms with Crippen molar-refractivity contribution < 1.29 is 4.42 Å². The van der Waals surface area contributed by atoms with Gasteiger partial charge < -0.3 is 9.73 Å². The quantitative estimate of drug-likeness (QED) is 0.849. The predicted molar refractivity (Wildman–Crippen MR) is 63.2 cm³/mol. The van der Waals surface area contributed by atoms with Crippen LogP contribution in [0.4, 0.5) is 0 Å². The Hall–Kier alpha value is -0.870. The van der Waals surface area contributed by atoms with Crippen molar-refractivity contribution in [2.45, 2.75) is 38.8 Å². The first kappa shape index (κ1) is 11.6. The number of likely N-dealkylation sites (tertiary alicyclic amines) is 1. The molecule has 2 atom stereocenters. The summed E-state index contributed by atoms with van der Waals surface area (Å²) in [4.78, 5) is 7.02. The van der Waals surface area contributed by atoms with Crippen molar-refractivity contribution in [1.82, 2.24) is 15.2 Å². The third kappa shape index (κ3) is 2.13. The molecule has 1 aromatic rings. The van der Waals surface area contributed by atoms with E-state index < -0.39 is 0 Å². The van der Waals surface area contributed by atoms with Crippen LogP contribution in [0.15, 0.2) is 10.7 Å². The molecule has 0 spiro atoms. The summed E-state index contributed by atoms with van der Waals surface area (Å²) in [6.07, 6.45) is 4.20. The van der Waals surface area contributed by atoms with Gasteiger partial charge in [-0.15, -0.1) is 0 Å². The number of aromatic nitrogens is 1. The number of hydrogen-bond donors (Lipinski definition) is 1. The van der Waals surface area contributed by atoms with Gasteiger partial charge in [0.05, 0.1) is 11.7 Å². The third-order valence-electron chi connectivity index (χ3n) is 3.47. The van der Waals surface area contributed by atoms with E-state index in [-0.39, 0.29) is 6.04 Å². The number of hydrogen-bond acceptors (Lipinski definition) is 4. The summed E-state index contributed by atoms with van der Waals surface area (Å²) in [5.74, 6) is 0.886. The Morgan fingerprint density at radius 3 is 3.19 bits per heavy atom. The topological polar surface area (TPSA) is 41.3 Å². The number of nitrogens with zero attached hydrogens (tertiary/aromatic N) is 2. The normalized spacial score (nSPS) is 23.8. The largest absolute Gasteiger partial charge is 0.447 e. The summed E-state index contributed by atoms with van der Waals surface area (Å²) >= 11 is 0. The molecule has 0 radical (unpaired) electrons. The van der Waals surface area contributed by atoms with Gasteiger partial charge in [-0.05, 0) is 39.9 Å². The van der Waals surface area contributed by atoms with Crippen molar-refractivity contribution in [3.05, 3.63) is 17.8 Å². The molecule has 0 aliphatic carbocycles. The minimum absolute atomic E-state index is 0.258. The van der Waals surface area contributed by atoms with E-state index in [1.807, 2.05) is 7.05 Å². The maximum absolute atomic E-state index is 5.61. The molecule has 1 saturated heterocycles. The molecule has 2 unspecified atom stereocenters. The van der Waals surface area contributed by atoms with Crippen molar-refractivity contribution in [1.29, 1.82) is 0 Å². The highest BCUT2D eigenvalue weighted by atomic mass is 16.3. The van der Waals surface area contributed by atoms with Crippen LogP contribution in [0.1, 0.15) is 50.4 Å². The summed E-state index contributed by atoms with van der Waals surface area (Å²) in [5, 5.41) is 3.17. The van der Waals surface area contributed by atoms with Gasteiger partial charge in [0.25, 0.3) is 0 Å². The summed E-state index contributed by atoms with van der Waals surface area (Å²) in [6.45, 7) is 6.52. The molecule has 0 saturated carbocycles. The Bertz CT molecular complexity index is 337. The Morgan fingerprint density at radius 1 is 1.69 bits per heavy atom. The van der Waals surface area contributed by atoms with Crippen LogP contribution in [0.3, 0.4) is 0 Å². The zero-order valence-corrected chi connectivity index (χ0v) is 10.4. The van der Waals surface area contributed by atoms with Gasteiger partial charge in [0.2, 0.25) is 5.89 Å². The van der Waals surface area contributed by atoms with Crippen LogP contribution in [0.25, 0.3) is 0 Å². The zero-order chi connectivity index (χ0) is 11.5. The van der Waals surface area contributed by atoms with E-state index in [0.29, 0.717) is 6.04 Å². The molecule has 4 heteroatoms. The molecule has 1 aromatic heterocycles. The zero-order valence-electron chi connectivity index (χ0n) is 10.4. The number of oxazole rings is 1. The van der Waals surface area contributed by atoms with Crippen molar-refractivity contribution >= 4 is 0 Å². The van der Waals surface area contributed by atoms with Crippen molar-refractivity contribution in [2.75, 3.05) is 20.1 Å². The Kier molecular flexibility index (Phi) is 3.61. The fourth-order valence-electron chi connectivity index (χ4n) is 2.28. The van der Waals surface area contributed by atoms with Crippen molar-refractivity contribution in [3.8, 4) is 0 Å². The SMILES string of the molecule is CCN1CCCC1c1nc(C(C)NC)co1. The average molecular weight is 223 g/mol. The number of rotatable bonds is 4. The van der Waals surface area contributed by atoms with Crippen molar-refractivity contribution in [2.24, 2.45) is 0 Å². The van der Waals surface area contributed by atoms with Gasteiger partial charge in [-0.2, -0.15) is 0 Å². The minimum atomic E-state index is 0.258. The van der Waals surface area contributed by atoms with Crippen LogP contribution in [-0.4, -0.2) is 30.0 Å². The van der Waals surface area contributed by atoms with Gasteiger partial charge in [-0.1, -0.05) is 6.92 Å².